The number of hydrogen-bond donors (Lipinski definition) is 2. The molecule has 21 heavy (non-hydrogen) atoms. The number of H-pyrrole nitrogens is 1. The minimum atomic E-state index is -0.281. The first-order chi connectivity index (χ1) is 10.2. The molecule has 3 aromatic rings. The first-order valence-electron chi connectivity index (χ1n) is 6.00. The Morgan fingerprint density at radius 2 is 2.24 bits per heavy atom. The van der Waals surface area contributed by atoms with Crippen LogP contribution in [0.15, 0.2) is 33.8 Å². The Balaban J connectivity index is 1.97. The molecule has 0 atom stereocenters. The van der Waals surface area contributed by atoms with Gasteiger partial charge in [0.05, 0.1) is 0 Å². The number of aromatic nitrogens is 8. The van der Waals surface area contributed by atoms with Crippen molar-refractivity contribution >= 4 is 17.7 Å². The highest BCUT2D eigenvalue weighted by Gasteiger charge is 2.13. The van der Waals surface area contributed by atoms with Crippen molar-refractivity contribution in [2.75, 3.05) is 5.73 Å². The van der Waals surface area contributed by atoms with Gasteiger partial charge in [0.2, 0.25) is 17.1 Å². The summed E-state index contributed by atoms with van der Waals surface area (Å²) in [5.41, 5.74) is 5.41. The second-order valence-corrected chi connectivity index (χ2v) is 4.84. The second kappa shape index (κ2) is 5.36. The number of hydrogen-bond acceptors (Lipinski definition) is 8. The van der Waals surface area contributed by atoms with Gasteiger partial charge in [0.1, 0.15) is 6.33 Å². The molecule has 0 fully saturated rings. The number of imidazole rings is 1. The molecule has 0 saturated carbocycles. The number of nitrogen functional groups attached to an aromatic ring is 1. The van der Waals surface area contributed by atoms with E-state index in [2.05, 4.69) is 30.1 Å². The van der Waals surface area contributed by atoms with Crippen LogP contribution in [0.25, 0.3) is 5.95 Å². The summed E-state index contributed by atoms with van der Waals surface area (Å²) in [6, 6.07) is 0. The molecule has 0 unspecified atom stereocenters. The van der Waals surface area contributed by atoms with Crippen molar-refractivity contribution < 1.29 is 0 Å². The lowest BCUT2D eigenvalue weighted by molar-refractivity contribution is 0.659. The van der Waals surface area contributed by atoms with Gasteiger partial charge in [-0.1, -0.05) is 0 Å². The standard InChI is InChI=1S/C10H11N9OS/c1-2-19-9(20)16-17-10(19)21-8-14-6(11)13-7(15-8)18-4-3-12-5-18/h3-5H,2H2,1H3,(H,16,20)(H2,11,13,14,15). The van der Waals surface area contributed by atoms with Gasteiger partial charge in [-0.25, -0.2) is 14.9 Å². The van der Waals surface area contributed by atoms with Crippen LogP contribution in [0.4, 0.5) is 5.95 Å². The Bertz CT molecular complexity index is 806. The molecule has 0 aromatic carbocycles. The average molecular weight is 305 g/mol. The van der Waals surface area contributed by atoms with Gasteiger partial charge < -0.3 is 5.73 Å². The van der Waals surface area contributed by atoms with Crippen molar-refractivity contribution in [1.29, 1.82) is 0 Å². The smallest absolute Gasteiger partial charge is 0.343 e. The Labute approximate surface area is 122 Å². The van der Waals surface area contributed by atoms with Crippen LogP contribution in [-0.2, 0) is 6.54 Å². The fourth-order valence-corrected chi connectivity index (χ4v) is 2.48. The summed E-state index contributed by atoms with van der Waals surface area (Å²) in [6.45, 7) is 2.34. The van der Waals surface area contributed by atoms with Crippen molar-refractivity contribution in [1.82, 2.24) is 39.3 Å². The Morgan fingerprint density at radius 3 is 2.95 bits per heavy atom. The maximum Gasteiger partial charge on any atom is 0.343 e. The highest BCUT2D eigenvalue weighted by atomic mass is 32.2. The first-order valence-corrected chi connectivity index (χ1v) is 6.82. The Hall–Kier alpha value is -2.69. The quantitative estimate of drug-likeness (QED) is 0.671. The molecule has 108 valence electrons. The van der Waals surface area contributed by atoms with Crippen LogP contribution in [0, 0.1) is 0 Å². The van der Waals surface area contributed by atoms with E-state index in [1.165, 1.54) is 4.57 Å². The number of nitrogens with two attached hydrogens (primary N) is 1. The number of nitrogens with zero attached hydrogens (tertiary/aromatic N) is 7. The van der Waals surface area contributed by atoms with Gasteiger partial charge in [-0.2, -0.15) is 15.0 Å². The summed E-state index contributed by atoms with van der Waals surface area (Å²) in [5.74, 6) is 0.431. The van der Waals surface area contributed by atoms with E-state index in [0.717, 1.165) is 11.8 Å². The molecule has 3 aromatic heterocycles. The van der Waals surface area contributed by atoms with Gasteiger partial charge >= 0.3 is 5.69 Å². The normalized spacial score (nSPS) is 10.9. The highest BCUT2D eigenvalue weighted by molar-refractivity contribution is 7.99. The molecule has 0 bridgehead atoms. The van der Waals surface area contributed by atoms with Crippen molar-refractivity contribution in [3.63, 3.8) is 0 Å². The molecule has 3 heterocycles. The summed E-state index contributed by atoms with van der Waals surface area (Å²) >= 11 is 1.13. The third kappa shape index (κ3) is 2.63. The lowest BCUT2D eigenvalue weighted by atomic mass is 10.7. The predicted molar refractivity (Wildman–Crippen MR) is 74.0 cm³/mol. The van der Waals surface area contributed by atoms with Gasteiger partial charge in [-0.05, 0) is 18.7 Å². The molecule has 3 rings (SSSR count). The zero-order valence-electron chi connectivity index (χ0n) is 11.0. The topological polar surface area (TPSA) is 133 Å². The van der Waals surface area contributed by atoms with E-state index in [-0.39, 0.29) is 11.6 Å². The van der Waals surface area contributed by atoms with Crippen LogP contribution in [0.5, 0.6) is 0 Å². The highest BCUT2D eigenvalue weighted by Crippen LogP contribution is 2.22. The molecule has 0 aliphatic carbocycles. The van der Waals surface area contributed by atoms with E-state index >= 15 is 0 Å². The molecule has 0 aliphatic rings. The van der Waals surface area contributed by atoms with Gasteiger partial charge in [0, 0.05) is 18.9 Å². The van der Waals surface area contributed by atoms with Crippen molar-refractivity contribution in [2.24, 2.45) is 0 Å². The SMILES string of the molecule is CCn1c(Sc2nc(N)nc(-n3ccnc3)n2)n[nH]c1=O. The minimum Gasteiger partial charge on any atom is -0.368 e. The van der Waals surface area contributed by atoms with Crippen LogP contribution < -0.4 is 11.4 Å². The number of nitrogens with one attached hydrogen (secondary N) is 1. The third-order valence-corrected chi connectivity index (χ3v) is 3.44. The number of aromatic amines is 1. The summed E-state index contributed by atoms with van der Waals surface area (Å²) in [6.07, 6.45) is 4.86. The van der Waals surface area contributed by atoms with E-state index < -0.39 is 0 Å². The zero-order chi connectivity index (χ0) is 14.8. The molecule has 0 saturated heterocycles. The zero-order valence-corrected chi connectivity index (χ0v) is 11.8. The molecule has 0 amide bonds. The van der Waals surface area contributed by atoms with Crippen LogP contribution in [-0.4, -0.2) is 39.3 Å². The molecular formula is C10H11N9OS. The minimum absolute atomic E-state index is 0.0807. The molecule has 0 spiro atoms. The first kappa shape index (κ1) is 13.3. The van der Waals surface area contributed by atoms with Crippen molar-refractivity contribution in [3.8, 4) is 5.95 Å². The summed E-state index contributed by atoms with van der Waals surface area (Å²) < 4.78 is 3.08. The molecule has 0 radical (unpaired) electrons. The number of rotatable bonds is 4. The lowest BCUT2D eigenvalue weighted by Crippen LogP contribution is -2.16. The van der Waals surface area contributed by atoms with Crippen molar-refractivity contribution in [2.45, 2.75) is 23.8 Å². The van der Waals surface area contributed by atoms with E-state index in [0.29, 0.717) is 22.8 Å². The van der Waals surface area contributed by atoms with Crippen LogP contribution in [0.2, 0.25) is 0 Å². The summed E-state index contributed by atoms with van der Waals surface area (Å²) in [5, 5.41) is 7.13. The Morgan fingerprint density at radius 1 is 1.38 bits per heavy atom. The van der Waals surface area contributed by atoms with Gasteiger partial charge in [-0.3, -0.25) is 9.13 Å². The number of anilines is 1. The summed E-state index contributed by atoms with van der Waals surface area (Å²) in [4.78, 5) is 27.8. The average Bonchev–Trinajstić information content (AvgIpc) is 3.08. The Kier molecular flexibility index (Phi) is 3.39. The largest absolute Gasteiger partial charge is 0.368 e. The van der Waals surface area contributed by atoms with Gasteiger partial charge in [0.15, 0.2) is 5.16 Å². The molecular weight excluding hydrogens is 294 g/mol. The van der Waals surface area contributed by atoms with Crippen LogP contribution >= 0.6 is 11.8 Å². The molecule has 3 N–H and O–H groups in total. The van der Waals surface area contributed by atoms with E-state index in [9.17, 15) is 4.79 Å². The van der Waals surface area contributed by atoms with E-state index in [4.69, 9.17) is 5.73 Å². The van der Waals surface area contributed by atoms with E-state index in [1.54, 1.807) is 23.3 Å². The van der Waals surface area contributed by atoms with Crippen LogP contribution in [0.3, 0.4) is 0 Å². The third-order valence-electron chi connectivity index (χ3n) is 2.58. The molecule has 11 heteroatoms. The fourth-order valence-electron chi connectivity index (χ4n) is 1.64. The predicted octanol–water partition coefficient (Wildman–Crippen LogP) is -0.305. The lowest BCUT2D eigenvalue weighted by Gasteiger charge is -2.04. The monoisotopic (exact) mass is 305 g/mol. The molecule has 10 nitrogen and oxygen atoms in total. The molecule has 0 aliphatic heterocycles. The van der Waals surface area contributed by atoms with E-state index in [1.807, 2.05) is 6.92 Å². The maximum absolute atomic E-state index is 11.5. The second-order valence-electron chi connectivity index (χ2n) is 3.90. The maximum atomic E-state index is 11.5. The van der Waals surface area contributed by atoms with Crippen LogP contribution in [0.1, 0.15) is 6.92 Å². The van der Waals surface area contributed by atoms with Gasteiger partial charge in [0.25, 0.3) is 0 Å². The summed E-state index contributed by atoms with van der Waals surface area (Å²) in [7, 11) is 0. The van der Waals surface area contributed by atoms with Gasteiger partial charge in [-0.15, -0.1) is 5.10 Å². The fraction of sp³-hybridized carbons (Fsp3) is 0.200. The van der Waals surface area contributed by atoms with Crippen molar-refractivity contribution in [3.05, 3.63) is 29.2 Å².